The molecule has 0 aliphatic carbocycles. The highest BCUT2D eigenvalue weighted by molar-refractivity contribution is 5.78. The molecule has 19 heavy (non-hydrogen) atoms. The Bertz CT molecular complexity index is 387. The maximum absolute atomic E-state index is 12.0. The highest BCUT2D eigenvalue weighted by Crippen LogP contribution is 2.06. The fourth-order valence-corrected chi connectivity index (χ4v) is 1.85. The quantitative estimate of drug-likeness (QED) is 0.801. The van der Waals surface area contributed by atoms with E-state index in [4.69, 9.17) is 5.73 Å². The van der Waals surface area contributed by atoms with Crippen LogP contribution in [0.25, 0.3) is 0 Å². The molecule has 4 nitrogen and oxygen atoms in total. The summed E-state index contributed by atoms with van der Waals surface area (Å²) in [6.45, 7) is 2.35. The minimum Gasteiger partial charge on any atom is -0.345 e. The predicted octanol–water partition coefficient (Wildman–Crippen LogP) is 1.10. The first kappa shape index (κ1) is 15.7. The Kier molecular flexibility index (Phi) is 6.53. The zero-order valence-corrected chi connectivity index (χ0v) is 12.2. The number of nitrogens with zero attached hydrogens (tertiary/aromatic N) is 2. The monoisotopic (exact) mass is 263 g/mol. The van der Waals surface area contributed by atoms with Gasteiger partial charge in [0.25, 0.3) is 0 Å². The average molecular weight is 263 g/mol. The molecule has 0 aliphatic rings. The predicted molar refractivity (Wildman–Crippen MR) is 78.8 cm³/mol. The van der Waals surface area contributed by atoms with Crippen molar-refractivity contribution in [1.82, 2.24) is 9.80 Å². The lowest BCUT2D eigenvalue weighted by molar-refractivity contribution is -0.129. The SMILES string of the molecule is CN(C)CCCN(C)C(=O)Cc1ccc(CN)cc1. The Balaban J connectivity index is 2.40. The molecule has 106 valence electrons. The maximum atomic E-state index is 12.0. The highest BCUT2D eigenvalue weighted by Gasteiger charge is 2.09. The van der Waals surface area contributed by atoms with Crippen LogP contribution in [0.1, 0.15) is 17.5 Å². The van der Waals surface area contributed by atoms with E-state index >= 15 is 0 Å². The molecule has 0 bridgehead atoms. The van der Waals surface area contributed by atoms with Gasteiger partial charge in [-0.2, -0.15) is 0 Å². The third-order valence-electron chi connectivity index (χ3n) is 3.14. The first-order valence-electron chi connectivity index (χ1n) is 6.69. The van der Waals surface area contributed by atoms with Crippen LogP contribution in [0.15, 0.2) is 24.3 Å². The van der Waals surface area contributed by atoms with Crippen molar-refractivity contribution >= 4 is 5.91 Å². The van der Waals surface area contributed by atoms with E-state index in [-0.39, 0.29) is 5.91 Å². The summed E-state index contributed by atoms with van der Waals surface area (Å²) in [6.07, 6.45) is 1.46. The minimum absolute atomic E-state index is 0.166. The fourth-order valence-electron chi connectivity index (χ4n) is 1.85. The molecule has 4 heteroatoms. The van der Waals surface area contributed by atoms with E-state index in [2.05, 4.69) is 4.90 Å². The molecule has 0 aromatic heterocycles. The van der Waals surface area contributed by atoms with Crippen LogP contribution in [0.2, 0.25) is 0 Å². The van der Waals surface area contributed by atoms with E-state index in [1.165, 1.54) is 0 Å². The third kappa shape index (κ3) is 5.85. The molecule has 0 aliphatic heterocycles. The molecule has 0 radical (unpaired) electrons. The number of likely N-dealkylation sites (N-methyl/N-ethyl adjacent to an activating group) is 1. The van der Waals surface area contributed by atoms with E-state index in [1.54, 1.807) is 4.90 Å². The number of rotatable bonds is 7. The van der Waals surface area contributed by atoms with Crippen molar-refractivity contribution in [3.8, 4) is 0 Å². The Morgan fingerprint density at radius 3 is 2.16 bits per heavy atom. The molecule has 0 saturated carbocycles. The molecule has 0 saturated heterocycles. The summed E-state index contributed by atoms with van der Waals surface area (Å²) in [5.41, 5.74) is 7.69. The molecule has 0 atom stereocenters. The number of carbonyl (C=O) groups is 1. The lowest BCUT2D eigenvalue weighted by atomic mass is 10.1. The van der Waals surface area contributed by atoms with Crippen LogP contribution in [0.3, 0.4) is 0 Å². The average Bonchev–Trinajstić information content (AvgIpc) is 2.39. The van der Waals surface area contributed by atoms with Gasteiger partial charge in [-0.25, -0.2) is 0 Å². The number of hydrogen-bond donors (Lipinski definition) is 1. The number of amides is 1. The lowest BCUT2D eigenvalue weighted by Crippen LogP contribution is -2.30. The molecule has 0 heterocycles. The van der Waals surface area contributed by atoms with E-state index in [0.29, 0.717) is 13.0 Å². The largest absolute Gasteiger partial charge is 0.345 e. The topological polar surface area (TPSA) is 49.6 Å². The van der Waals surface area contributed by atoms with Gasteiger partial charge in [0, 0.05) is 20.1 Å². The second-order valence-corrected chi connectivity index (χ2v) is 5.17. The molecule has 1 amide bonds. The zero-order chi connectivity index (χ0) is 14.3. The van der Waals surface area contributed by atoms with Crippen molar-refractivity contribution in [2.24, 2.45) is 5.73 Å². The van der Waals surface area contributed by atoms with Crippen molar-refractivity contribution in [1.29, 1.82) is 0 Å². The first-order chi connectivity index (χ1) is 9.02. The molecule has 0 fully saturated rings. The second kappa shape index (κ2) is 7.92. The van der Waals surface area contributed by atoms with Crippen LogP contribution in [0, 0.1) is 0 Å². The van der Waals surface area contributed by atoms with Crippen molar-refractivity contribution in [2.75, 3.05) is 34.2 Å². The van der Waals surface area contributed by atoms with Gasteiger partial charge < -0.3 is 15.5 Å². The summed E-state index contributed by atoms with van der Waals surface area (Å²) in [4.78, 5) is 16.0. The molecule has 1 aromatic rings. The second-order valence-electron chi connectivity index (χ2n) is 5.17. The first-order valence-corrected chi connectivity index (χ1v) is 6.69. The van der Waals surface area contributed by atoms with E-state index < -0.39 is 0 Å². The fraction of sp³-hybridized carbons (Fsp3) is 0.533. The summed E-state index contributed by atoms with van der Waals surface area (Å²) >= 11 is 0. The van der Waals surface area contributed by atoms with Crippen LogP contribution in [0.5, 0.6) is 0 Å². The number of hydrogen-bond acceptors (Lipinski definition) is 3. The van der Waals surface area contributed by atoms with E-state index in [0.717, 1.165) is 30.6 Å². The Labute approximate surface area is 116 Å². The number of benzene rings is 1. The van der Waals surface area contributed by atoms with Crippen molar-refractivity contribution in [3.63, 3.8) is 0 Å². The standard InChI is InChI=1S/C15H25N3O/c1-17(2)9-4-10-18(3)15(19)11-13-5-7-14(12-16)8-6-13/h5-8H,4,9-12,16H2,1-3H3. The maximum Gasteiger partial charge on any atom is 0.226 e. The summed E-state index contributed by atoms with van der Waals surface area (Å²) in [7, 11) is 5.95. The minimum atomic E-state index is 0.166. The van der Waals surface area contributed by atoms with Crippen molar-refractivity contribution < 1.29 is 4.79 Å². The zero-order valence-electron chi connectivity index (χ0n) is 12.2. The summed E-state index contributed by atoms with van der Waals surface area (Å²) in [6, 6.07) is 7.92. The van der Waals surface area contributed by atoms with Crippen molar-refractivity contribution in [2.45, 2.75) is 19.4 Å². The van der Waals surface area contributed by atoms with E-state index in [9.17, 15) is 4.79 Å². The van der Waals surface area contributed by atoms with Gasteiger partial charge in [0.15, 0.2) is 0 Å². The summed E-state index contributed by atoms with van der Waals surface area (Å²) in [5, 5.41) is 0. The van der Waals surface area contributed by atoms with Crippen molar-refractivity contribution in [3.05, 3.63) is 35.4 Å². The van der Waals surface area contributed by atoms with Crippen LogP contribution in [0.4, 0.5) is 0 Å². The Hall–Kier alpha value is -1.39. The number of nitrogens with two attached hydrogens (primary N) is 1. The van der Waals surface area contributed by atoms with Gasteiger partial charge in [-0.1, -0.05) is 24.3 Å². The van der Waals surface area contributed by atoms with Crippen LogP contribution >= 0.6 is 0 Å². The molecule has 2 N–H and O–H groups in total. The normalized spacial score (nSPS) is 10.8. The van der Waals surface area contributed by atoms with Gasteiger partial charge in [0.05, 0.1) is 6.42 Å². The van der Waals surface area contributed by atoms with Gasteiger partial charge in [0.2, 0.25) is 5.91 Å². The smallest absolute Gasteiger partial charge is 0.226 e. The lowest BCUT2D eigenvalue weighted by Gasteiger charge is -2.18. The molecule has 0 unspecified atom stereocenters. The van der Waals surface area contributed by atoms with Gasteiger partial charge in [-0.3, -0.25) is 4.79 Å². The van der Waals surface area contributed by atoms with Gasteiger partial charge in [-0.15, -0.1) is 0 Å². The summed E-state index contributed by atoms with van der Waals surface area (Å²) < 4.78 is 0. The molecule has 0 spiro atoms. The molecule has 1 rings (SSSR count). The van der Waals surface area contributed by atoms with Crippen LogP contribution in [-0.4, -0.2) is 49.9 Å². The highest BCUT2D eigenvalue weighted by atomic mass is 16.2. The number of carbonyl (C=O) groups excluding carboxylic acids is 1. The molecule has 1 aromatic carbocycles. The van der Waals surface area contributed by atoms with Crippen LogP contribution < -0.4 is 5.73 Å². The molecular weight excluding hydrogens is 238 g/mol. The summed E-state index contributed by atoms with van der Waals surface area (Å²) in [5.74, 6) is 0.166. The van der Waals surface area contributed by atoms with Crippen LogP contribution in [-0.2, 0) is 17.8 Å². The van der Waals surface area contributed by atoms with Gasteiger partial charge in [-0.05, 0) is 38.2 Å². The van der Waals surface area contributed by atoms with Gasteiger partial charge >= 0.3 is 0 Å². The molecular formula is C15H25N3O. The third-order valence-corrected chi connectivity index (χ3v) is 3.14. The Morgan fingerprint density at radius 2 is 1.63 bits per heavy atom. The van der Waals surface area contributed by atoms with E-state index in [1.807, 2.05) is 45.4 Å². The Morgan fingerprint density at radius 1 is 1.05 bits per heavy atom. The van der Waals surface area contributed by atoms with Gasteiger partial charge in [0.1, 0.15) is 0 Å².